The van der Waals surface area contributed by atoms with Gasteiger partial charge in [-0.05, 0) is 63.3 Å². The van der Waals surface area contributed by atoms with Gasteiger partial charge in [-0.25, -0.2) is 9.98 Å². The minimum absolute atomic E-state index is 0.228. The molecule has 1 N–H and O–H groups in total. The highest BCUT2D eigenvalue weighted by Gasteiger charge is 2.22. The van der Waals surface area contributed by atoms with Gasteiger partial charge in [-0.15, -0.1) is 0 Å². The number of fused-ring (bicyclic) bond motifs is 2. The summed E-state index contributed by atoms with van der Waals surface area (Å²) in [5.74, 6) is 2.05. The molecule has 1 aromatic heterocycles. The van der Waals surface area contributed by atoms with Crippen LogP contribution in [0.3, 0.4) is 0 Å². The van der Waals surface area contributed by atoms with Crippen molar-refractivity contribution in [3.8, 4) is 5.75 Å². The molecule has 0 bridgehead atoms. The van der Waals surface area contributed by atoms with Crippen LogP contribution in [0.4, 0.5) is 0 Å². The maximum Gasteiger partial charge on any atom is 0.277 e. The molecule has 6 heteroatoms. The van der Waals surface area contributed by atoms with Crippen molar-refractivity contribution in [1.82, 2.24) is 14.9 Å². The number of carbonyl (C=O) groups excluding carboxylic acids is 1. The second-order valence-electron chi connectivity index (χ2n) is 7.89. The third-order valence-corrected chi connectivity index (χ3v) is 5.88. The monoisotopic (exact) mass is 388 g/mol. The number of rotatable bonds is 2. The lowest BCUT2D eigenvalue weighted by molar-refractivity contribution is 0.100. The quantitative estimate of drug-likeness (QED) is 0.725. The highest BCUT2D eigenvalue weighted by molar-refractivity contribution is 6.12. The summed E-state index contributed by atoms with van der Waals surface area (Å²) in [7, 11) is 2.16. The Morgan fingerprint density at radius 3 is 2.90 bits per heavy atom. The first-order chi connectivity index (χ1) is 14.2. The number of likely N-dealkylation sites (tertiary alicyclic amines) is 1. The number of aromatic amines is 1. The summed E-state index contributed by atoms with van der Waals surface area (Å²) >= 11 is 0. The van der Waals surface area contributed by atoms with Gasteiger partial charge in [-0.3, -0.25) is 4.79 Å². The van der Waals surface area contributed by atoms with E-state index in [1.807, 2.05) is 42.5 Å². The molecule has 0 spiro atoms. The first-order valence-corrected chi connectivity index (χ1v) is 10.2. The summed E-state index contributed by atoms with van der Waals surface area (Å²) in [6.07, 6.45) is 2.85. The predicted octanol–water partition coefficient (Wildman–Crippen LogP) is 3.78. The number of benzene rings is 2. The predicted molar refractivity (Wildman–Crippen MR) is 113 cm³/mol. The van der Waals surface area contributed by atoms with E-state index in [0.717, 1.165) is 59.8 Å². The SMILES string of the molecule is CN1CCC(c2nc3ccc(C(=O)N=C4CCOc5ccccc54)cc3[nH]2)CC1. The lowest BCUT2D eigenvalue weighted by Crippen LogP contribution is -2.29. The summed E-state index contributed by atoms with van der Waals surface area (Å²) in [6, 6.07) is 13.3. The molecule has 0 radical (unpaired) electrons. The average Bonchev–Trinajstić information content (AvgIpc) is 3.18. The molecular weight excluding hydrogens is 364 g/mol. The number of aromatic nitrogens is 2. The summed E-state index contributed by atoms with van der Waals surface area (Å²) in [5, 5.41) is 0. The van der Waals surface area contributed by atoms with Crippen LogP contribution in [0.25, 0.3) is 11.0 Å². The summed E-state index contributed by atoms with van der Waals surface area (Å²) < 4.78 is 5.66. The first kappa shape index (κ1) is 18.1. The first-order valence-electron chi connectivity index (χ1n) is 10.2. The van der Waals surface area contributed by atoms with E-state index < -0.39 is 0 Å². The number of carbonyl (C=O) groups is 1. The number of H-pyrrole nitrogens is 1. The zero-order valence-corrected chi connectivity index (χ0v) is 16.5. The molecule has 5 rings (SSSR count). The van der Waals surface area contributed by atoms with Gasteiger partial charge < -0.3 is 14.6 Å². The summed E-state index contributed by atoms with van der Waals surface area (Å²) in [4.78, 5) is 27.8. The minimum atomic E-state index is -0.228. The number of piperidine rings is 1. The van der Waals surface area contributed by atoms with Gasteiger partial charge in [0.1, 0.15) is 11.6 Å². The van der Waals surface area contributed by atoms with Gasteiger partial charge in [0, 0.05) is 23.5 Å². The van der Waals surface area contributed by atoms with Crippen LogP contribution in [-0.2, 0) is 0 Å². The number of hydrogen-bond acceptors (Lipinski definition) is 4. The molecule has 29 heavy (non-hydrogen) atoms. The number of nitrogens with one attached hydrogen (secondary N) is 1. The van der Waals surface area contributed by atoms with E-state index in [-0.39, 0.29) is 5.91 Å². The molecule has 1 amide bonds. The van der Waals surface area contributed by atoms with E-state index in [0.29, 0.717) is 24.5 Å². The van der Waals surface area contributed by atoms with Crippen LogP contribution in [0.1, 0.15) is 46.9 Å². The largest absolute Gasteiger partial charge is 0.492 e. The lowest BCUT2D eigenvalue weighted by Gasteiger charge is -2.27. The molecule has 2 aliphatic rings. The Balaban J connectivity index is 1.41. The van der Waals surface area contributed by atoms with Crippen molar-refractivity contribution in [2.45, 2.75) is 25.2 Å². The maximum atomic E-state index is 12.8. The molecule has 2 aliphatic heterocycles. The molecule has 3 aromatic rings. The maximum absolute atomic E-state index is 12.8. The van der Waals surface area contributed by atoms with Gasteiger partial charge in [0.15, 0.2) is 0 Å². The molecule has 0 aliphatic carbocycles. The molecule has 1 saturated heterocycles. The van der Waals surface area contributed by atoms with Crippen molar-refractivity contribution in [3.63, 3.8) is 0 Å². The van der Waals surface area contributed by atoms with Crippen molar-refractivity contribution in [3.05, 3.63) is 59.4 Å². The van der Waals surface area contributed by atoms with Gasteiger partial charge >= 0.3 is 0 Å². The molecule has 148 valence electrons. The molecular formula is C23H24N4O2. The Morgan fingerprint density at radius 2 is 2.03 bits per heavy atom. The van der Waals surface area contributed by atoms with E-state index in [4.69, 9.17) is 9.72 Å². The van der Waals surface area contributed by atoms with Crippen LogP contribution >= 0.6 is 0 Å². The molecule has 3 heterocycles. The van der Waals surface area contributed by atoms with Gasteiger partial charge in [0.2, 0.25) is 0 Å². The molecule has 0 unspecified atom stereocenters. The third-order valence-electron chi connectivity index (χ3n) is 5.88. The summed E-state index contributed by atoms with van der Waals surface area (Å²) in [6.45, 7) is 2.73. The number of aliphatic imine (C=N–C) groups is 1. The van der Waals surface area contributed by atoms with Crippen LogP contribution in [-0.4, -0.2) is 53.2 Å². The normalized spacial score (nSPS) is 19.3. The molecule has 0 saturated carbocycles. The molecule has 6 nitrogen and oxygen atoms in total. The average molecular weight is 388 g/mol. The van der Waals surface area contributed by atoms with E-state index in [1.165, 1.54) is 0 Å². The van der Waals surface area contributed by atoms with Gasteiger partial charge in [-0.1, -0.05) is 12.1 Å². The lowest BCUT2D eigenvalue weighted by atomic mass is 9.97. The van der Waals surface area contributed by atoms with Gasteiger partial charge in [0.05, 0.1) is 23.4 Å². The van der Waals surface area contributed by atoms with E-state index >= 15 is 0 Å². The van der Waals surface area contributed by atoms with Crippen LogP contribution < -0.4 is 4.74 Å². The van der Waals surface area contributed by atoms with Crippen molar-refractivity contribution >= 4 is 22.7 Å². The van der Waals surface area contributed by atoms with E-state index in [9.17, 15) is 4.79 Å². The number of hydrogen-bond donors (Lipinski definition) is 1. The highest BCUT2D eigenvalue weighted by Crippen LogP contribution is 2.28. The topological polar surface area (TPSA) is 70.6 Å². The standard InChI is InChI=1S/C23H24N4O2/c1-27-11-8-15(9-12-27)22-24-19-7-6-16(14-20(19)25-22)23(28)26-18-10-13-29-21-5-3-2-4-17(18)21/h2-7,14-15H,8-13H2,1H3,(H,24,25). The number of ether oxygens (including phenoxy) is 1. The number of imidazole rings is 1. The van der Waals surface area contributed by atoms with Crippen molar-refractivity contribution in [2.24, 2.45) is 4.99 Å². The second-order valence-corrected chi connectivity index (χ2v) is 7.89. The molecule has 2 aromatic carbocycles. The van der Waals surface area contributed by atoms with Crippen LogP contribution in [0, 0.1) is 0 Å². The van der Waals surface area contributed by atoms with Crippen molar-refractivity contribution in [1.29, 1.82) is 0 Å². The summed E-state index contributed by atoms with van der Waals surface area (Å²) in [5.41, 5.74) is 4.07. The Kier molecular flexibility index (Phi) is 4.64. The van der Waals surface area contributed by atoms with Crippen LogP contribution in [0.5, 0.6) is 5.75 Å². The molecule has 0 atom stereocenters. The Hall–Kier alpha value is -2.99. The zero-order valence-electron chi connectivity index (χ0n) is 16.5. The number of amides is 1. The fourth-order valence-electron chi connectivity index (χ4n) is 4.16. The number of para-hydroxylation sites is 1. The molecule has 1 fully saturated rings. The van der Waals surface area contributed by atoms with Crippen molar-refractivity contribution < 1.29 is 9.53 Å². The Labute approximate surface area is 169 Å². The van der Waals surface area contributed by atoms with Crippen molar-refractivity contribution in [2.75, 3.05) is 26.7 Å². The fraction of sp³-hybridized carbons (Fsp3) is 0.348. The van der Waals surface area contributed by atoms with Gasteiger partial charge in [0.25, 0.3) is 5.91 Å². The smallest absolute Gasteiger partial charge is 0.277 e. The minimum Gasteiger partial charge on any atom is -0.492 e. The Morgan fingerprint density at radius 1 is 1.21 bits per heavy atom. The number of nitrogens with zero attached hydrogens (tertiary/aromatic N) is 3. The van der Waals surface area contributed by atoms with Gasteiger partial charge in [-0.2, -0.15) is 0 Å². The Bertz CT molecular complexity index is 1090. The zero-order chi connectivity index (χ0) is 19.8. The second kappa shape index (κ2) is 7.44. The fourth-order valence-corrected chi connectivity index (χ4v) is 4.16. The van der Waals surface area contributed by atoms with E-state index in [1.54, 1.807) is 0 Å². The van der Waals surface area contributed by atoms with E-state index in [2.05, 4.69) is 21.9 Å². The third kappa shape index (κ3) is 3.56. The highest BCUT2D eigenvalue weighted by atomic mass is 16.5. The van der Waals surface area contributed by atoms with Crippen LogP contribution in [0.2, 0.25) is 0 Å². The van der Waals surface area contributed by atoms with Crippen LogP contribution in [0.15, 0.2) is 47.5 Å².